The highest BCUT2D eigenvalue weighted by molar-refractivity contribution is 5.73. The standard InChI is InChI=1S/C52H90N2O41/c1-12(62)53-14(3-55)24(65)41(15(64)4-56)91-46-23(54-13(2)63)31(72)42(20(9-61)88-46)92-51-40(81)44(94-49-37(78)33(74)26(67)17(6-58)85-49)30(71)22(90-51)10-82-47-39(80)43(93-48-36(77)32(73)25(66)16(5-57)84-48)29(70)21(89-47)11-83-52-45(35(76)28(69)19(8-60)87-52)95-50-38(79)34(75)27(68)18(7-59)86-50/h14-52,55-61,64-81H,3-11H2,1-2H3,(H,53,62)(H,54,63)/t14-,15+,16+,17+,18+,19+,20+,21+,22+,23+,24+,25+,26+,27+,28+,29+,30+,31+,32-,33-,34-,35-,36-,37-,38-,39-,40-,41+,42+,43-,44-,45-,46-,47-,48+,49+,50+,51-,52-/m0/s1. The number of nitrogens with one attached hydrogen (secondary N) is 2. The maximum absolute atomic E-state index is 12.7. The molecule has 7 saturated heterocycles. The summed E-state index contributed by atoms with van der Waals surface area (Å²) in [6.45, 7) is -7.55. The van der Waals surface area contributed by atoms with E-state index in [1.165, 1.54) is 0 Å². The van der Waals surface area contributed by atoms with Crippen molar-refractivity contribution in [2.24, 2.45) is 0 Å². The second-order valence-corrected chi connectivity index (χ2v) is 23.7. The van der Waals surface area contributed by atoms with Crippen LogP contribution in [0.4, 0.5) is 0 Å². The van der Waals surface area contributed by atoms with Gasteiger partial charge >= 0.3 is 0 Å². The molecule has 95 heavy (non-hydrogen) atoms. The van der Waals surface area contributed by atoms with E-state index in [0.717, 1.165) is 13.8 Å². The molecule has 0 aromatic carbocycles. The highest BCUT2D eigenvalue weighted by Gasteiger charge is 2.58. The van der Waals surface area contributed by atoms with Gasteiger partial charge in [0.05, 0.1) is 65.5 Å². The van der Waals surface area contributed by atoms with E-state index >= 15 is 0 Å². The SMILES string of the molecule is CC(=O)N[C@H]1[C@H](O[C@@H]([C@H](O)[C@H](CO)NC(C)=O)[C@H](O)CO)O[C@H](CO)[C@@H](O[C@@H]2O[C@H](CO[C@H]3O[C@H](CO[C@H]4O[C@H](CO)[C@@H](O)[C@H](O)[C@@H]4O[C@H]4O[C@H](CO)[C@@H](O)[C@H](O)[C@@H]4O)[C@@H](O)[C@H](O[C@H]4O[C@H](CO)[C@@H](O)[C@H](O)[C@@H]4O)[C@@H]3O)[C@@H](O)[C@H](O[C@H]3O[C@H](CO)[C@@H](O)[C@H](O)[C@@H]3O)[C@@H]2O)[C@@H]1O. The van der Waals surface area contributed by atoms with Crippen LogP contribution in [-0.2, 0) is 75.9 Å². The molecule has 7 fully saturated rings. The van der Waals surface area contributed by atoms with Gasteiger partial charge in [0.25, 0.3) is 0 Å². The van der Waals surface area contributed by atoms with Gasteiger partial charge in [-0.25, -0.2) is 0 Å². The molecule has 0 saturated carbocycles. The van der Waals surface area contributed by atoms with Crippen LogP contribution in [0.1, 0.15) is 13.8 Å². The number of carbonyl (C=O) groups is 2. The molecule has 7 rings (SSSR count). The molecule has 2 amide bonds. The van der Waals surface area contributed by atoms with Crippen LogP contribution in [0, 0.1) is 0 Å². The van der Waals surface area contributed by atoms with Crippen molar-refractivity contribution in [2.75, 3.05) is 59.5 Å². The largest absolute Gasteiger partial charge is 0.394 e. The Morgan fingerprint density at radius 1 is 0.358 bits per heavy atom. The molecule has 0 aromatic heterocycles. The first-order valence-electron chi connectivity index (χ1n) is 30.1. The van der Waals surface area contributed by atoms with Gasteiger partial charge in [-0.2, -0.15) is 0 Å². The summed E-state index contributed by atoms with van der Waals surface area (Å²) in [5.74, 6) is -1.71. The fourth-order valence-electron chi connectivity index (χ4n) is 11.7. The van der Waals surface area contributed by atoms with Gasteiger partial charge in [0.15, 0.2) is 44.0 Å². The van der Waals surface area contributed by atoms with E-state index in [1.54, 1.807) is 0 Å². The van der Waals surface area contributed by atoms with Crippen molar-refractivity contribution in [1.82, 2.24) is 10.6 Å². The van der Waals surface area contributed by atoms with Crippen LogP contribution >= 0.6 is 0 Å². The molecule has 39 atom stereocenters. The molecule has 0 radical (unpaired) electrons. The van der Waals surface area contributed by atoms with Crippen molar-refractivity contribution in [1.29, 1.82) is 0 Å². The normalized spacial score (nSPS) is 47.3. The third-order valence-electron chi connectivity index (χ3n) is 17.1. The number of ether oxygens (including phenoxy) is 14. The number of hydrogen-bond donors (Lipinski definition) is 27. The Hall–Kier alpha value is -2.62. The van der Waals surface area contributed by atoms with E-state index in [9.17, 15) is 137 Å². The van der Waals surface area contributed by atoms with Gasteiger partial charge in [-0.1, -0.05) is 0 Å². The third-order valence-corrected chi connectivity index (χ3v) is 17.1. The molecule has 7 heterocycles. The fourth-order valence-corrected chi connectivity index (χ4v) is 11.7. The minimum atomic E-state index is -2.41. The van der Waals surface area contributed by atoms with Crippen LogP contribution in [0.25, 0.3) is 0 Å². The van der Waals surface area contributed by atoms with Crippen LogP contribution in [-0.4, -0.2) is 438 Å². The highest BCUT2D eigenvalue weighted by Crippen LogP contribution is 2.37. The van der Waals surface area contributed by atoms with Gasteiger partial charge < -0.3 is 205 Å². The molecule has 7 aliphatic heterocycles. The van der Waals surface area contributed by atoms with Crippen LogP contribution in [0.2, 0.25) is 0 Å². The zero-order valence-electron chi connectivity index (χ0n) is 50.6. The first-order valence-corrected chi connectivity index (χ1v) is 30.1. The second-order valence-electron chi connectivity index (χ2n) is 23.7. The second kappa shape index (κ2) is 35.3. The van der Waals surface area contributed by atoms with Gasteiger partial charge in [0.1, 0.15) is 189 Å². The van der Waals surface area contributed by atoms with Crippen LogP contribution < -0.4 is 10.6 Å². The molecule has 0 aliphatic carbocycles. The Labute approximate surface area is 537 Å². The lowest BCUT2D eigenvalue weighted by Crippen LogP contribution is -2.69. The van der Waals surface area contributed by atoms with Crippen molar-refractivity contribution in [2.45, 2.75) is 253 Å². The smallest absolute Gasteiger partial charge is 0.217 e. The van der Waals surface area contributed by atoms with Gasteiger partial charge in [0.2, 0.25) is 11.8 Å². The number of rotatable bonds is 28. The van der Waals surface area contributed by atoms with E-state index in [-0.39, 0.29) is 0 Å². The monoisotopic (exact) mass is 1400 g/mol. The lowest BCUT2D eigenvalue weighted by Gasteiger charge is -2.50. The molecule has 0 spiro atoms. The quantitative estimate of drug-likeness (QED) is 0.0346. The van der Waals surface area contributed by atoms with Gasteiger partial charge in [-0.15, -0.1) is 0 Å². The molecule has 554 valence electrons. The number of hydrogen-bond acceptors (Lipinski definition) is 41. The van der Waals surface area contributed by atoms with Crippen molar-refractivity contribution >= 4 is 11.8 Å². The van der Waals surface area contributed by atoms with Crippen LogP contribution in [0.5, 0.6) is 0 Å². The fraction of sp³-hybridized carbons (Fsp3) is 0.962. The number of aliphatic hydroxyl groups is 25. The van der Waals surface area contributed by atoms with Crippen molar-refractivity contribution in [3.05, 3.63) is 0 Å². The summed E-state index contributed by atoms with van der Waals surface area (Å²) in [6, 6.07) is -3.50. The van der Waals surface area contributed by atoms with Gasteiger partial charge in [-0.3, -0.25) is 9.59 Å². The molecule has 0 bridgehead atoms. The first kappa shape index (κ1) is 79.7. The van der Waals surface area contributed by atoms with E-state index < -0.39 is 311 Å². The Kier molecular flexibility index (Phi) is 29.6. The maximum Gasteiger partial charge on any atom is 0.217 e. The van der Waals surface area contributed by atoms with Crippen molar-refractivity contribution in [3.63, 3.8) is 0 Å². The van der Waals surface area contributed by atoms with Crippen molar-refractivity contribution in [3.8, 4) is 0 Å². The van der Waals surface area contributed by atoms with Crippen molar-refractivity contribution < 1.29 is 204 Å². The Morgan fingerprint density at radius 3 is 1.13 bits per heavy atom. The Balaban J connectivity index is 1.20. The van der Waals surface area contributed by atoms with E-state index in [2.05, 4.69) is 10.6 Å². The number of amides is 2. The van der Waals surface area contributed by atoms with E-state index in [4.69, 9.17) is 66.3 Å². The summed E-state index contributed by atoms with van der Waals surface area (Å²) in [7, 11) is 0. The molecule has 43 heteroatoms. The van der Waals surface area contributed by atoms with Gasteiger partial charge in [0, 0.05) is 13.8 Å². The minimum Gasteiger partial charge on any atom is -0.394 e. The summed E-state index contributed by atoms with van der Waals surface area (Å²) in [5, 5.41) is 275. The summed E-state index contributed by atoms with van der Waals surface area (Å²) < 4.78 is 80.7. The van der Waals surface area contributed by atoms with E-state index in [0.29, 0.717) is 0 Å². The topological polar surface area (TPSA) is 693 Å². The molecule has 43 nitrogen and oxygen atoms in total. The summed E-state index contributed by atoms with van der Waals surface area (Å²) >= 11 is 0. The number of carbonyl (C=O) groups excluding carboxylic acids is 2. The summed E-state index contributed by atoms with van der Waals surface area (Å²) in [6.07, 6.45) is -76.8. The zero-order valence-corrected chi connectivity index (χ0v) is 50.6. The Morgan fingerprint density at radius 2 is 0.716 bits per heavy atom. The van der Waals surface area contributed by atoms with Crippen LogP contribution in [0.3, 0.4) is 0 Å². The van der Waals surface area contributed by atoms with E-state index in [1.807, 2.05) is 0 Å². The number of aliphatic hydroxyl groups excluding tert-OH is 25. The molecular weight excluding hydrogens is 1310 g/mol. The summed E-state index contributed by atoms with van der Waals surface area (Å²) in [5.41, 5.74) is 0. The molecular formula is C52H90N2O41. The Bertz CT molecular complexity index is 2330. The minimum absolute atomic E-state index is 0.781. The maximum atomic E-state index is 12.7. The average molecular weight is 1400 g/mol. The highest BCUT2D eigenvalue weighted by atomic mass is 16.8. The third kappa shape index (κ3) is 18.0. The molecule has 0 aromatic rings. The van der Waals surface area contributed by atoms with Crippen LogP contribution in [0.15, 0.2) is 0 Å². The predicted molar refractivity (Wildman–Crippen MR) is 290 cm³/mol. The molecule has 27 N–H and O–H groups in total. The summed E-state index contributed by atoms with van der Waals surface area (Å²) in [4.78, 5) is 24.6. The van der Waals surface area contributed by atoms with Gasteiger partial charge in [-0.05, 0) is 0 Å². The lowest BCUT2D eigenvalue weighted by molar-refractivity contribution is -0.388. The first-order chi connectivity index (χ1) is 44.9. The molecule has 7 aliphatic rings. The average Bonchev–Trinajstić information content (AvgIpc) is 0.785. The zero-order chi connectivity index (χ0) is 70.3. The lowest BCUT2D eigenvalue weighted by atomic mass is 9.94. The molecule has 0 unspecified atom stereocenters. The predicted octanol–water partition coefficient (Wildman–Crippen LogP) is -18.5.